The summed E-state index contributed by atoms with van der Waals surface area (Å²) in [5.41, 5.74) is 9.19. The van der Waals surface area contributed by atoms with Crippen molar-refractivity contribution in [1.82, 2.24) is 0 Å². The van der Waals surface area contributed by atoms with Gasteiger partial charge in [0.1, 0.15) is 6.61 Å². The van der Waals surface area contributed by atoms with E-state index in [2.05, 4.69) is 24.3 Å². The molecule has 24 heavy (non-hydrogen) atoms. The second-order valence-corrected chi connectivity index (χ2v) is 6.21. The van der Waals surface area contributed by atoms with E-state index in [4.69, 9.17) is 10.5 Å². The van der Waals surface area contributed by atoms with E-state index in [9.17, 15) is 4.79 Å². The monoisotopic (exact) mass is 325 g/mol. The van der Waals surface area contributed by atoms with Crippen LogP contribution in [0.2, 0.25) is 0 Å². The number of rotatable bonds is 10. The van der Waals surface area contributed by atoms with Crippen LogP contribution in [0.4, 0.5) is 0 Å². The maximum atomic E-state index is 12.1. The van der Waals surface area contributed by atoms with Gasteiger partial charge in [-0.1, -0.05) is 61.5 Å². The molecule has 0 radical (unpaired) electrons. The van der Waals surface area contributed by atoms with Crippen LogP contribution in [-0.2, 0) is 28.9 Å². The van der Waals surface area contributed by atoms with E-state index in [-0.39, 0.29) is 18.3 Å². The first-order valence-corrected chi connectivity index (χ1v) is 8.61. The van der Waals surface area contributed by atoms with E-state index in [1.54, 1.807) is 0 Å². The summed E-state index contributed by atoms with van der Waals surface area (Å²) in [5, 5.41) is 0. The smallest absolute Gasteiger partial charge is 0.161 e. The van der Waals surface area contributed by atoms with E-state index < -0.39 is 0 Å². The summed E-state index contributed by atoms with van der Waals surface area (Å²) in [4.78, 5) is 12.1. The lowest BCUT2D eigenvalue weighted by Crippen LogP contribution is -2.19. The molecule has 2 aromatic carbocycles. The van der Waals surface area contributed by atoms with Crippen molar-refractivity contribution >= 4 is 5.78 Å². The number of carbonyl (C=O) groups excluding carboxylic acids is 1. The maximum Gasteiger partial charge on any atom is 0.161 e. The van der Waals surface area contributed by atoms with Crippen LogP contribution in [-0.4, -0.2) is 19.0 Å². The molecule has 0 aromatic heterocycles. The third-order valence-corrected chi connectivity index (χ3v) is 4.30. The number of ketones is 1. The zero-order chi connectivity index (χ0) is 17.2. The Kier molecular flexibility index (Phi) is 7.66. The first kappa shape index (κ1) is 18.4. The summed E-state index contributed by atoms with van der Waals surface area (Å²) >= 11 is 0. The third-order valence-electron chi connectivity index (χ3n) is 4.30. The second kappa shape index (κ2) is 10.0. The molecule has 0 bridgehead atoms. The van der Waals surface area contributed by atoms with Crippen molar-refractivity contribution in [2.24, 2.45) is 11.7 Å². The number of hydrogen-bond donors (Lipinski definition) is 1. The van der Waals surface area contributed by atoms with Crippen molar-refractivity contribution < 1.29 is 9.53 Å². The Morgan fingerprint density at radius 3 is 2.25 bits per heavy atom. The van der Waals surface area contributed by atoms with Crippen molar-refractivity contribution in [1.29, 1.82) is 0 Å². The highest BCUT2D eigenvalue weighted by Gasteiger charge is 2.12. The van der Waals surface area contributed by atoms with E-state index >= 15 is 0 Å². The van der Waals surface area contributed by atoms with Gasteiger partial charge in [0.15, 0.2) is 5.78 Å². The Bertz CT molecular complexity index is 607. The van der Waals surface area contributed by atoms with E-state index in [1.807, 2.05) is 37.3 Å². The molecule has 0 aliphatic carbocycles. The Hall–Kier alpha value is -1.97. The molecular formula is C21H27NO2. The predicted octanol–water partition coefficient (Wildman–Crippen LogP) is 3.54. The fraction of sp³-hybridized carbons (Fsp3) is 0.381. The highest BCUT2D eigenvalue weighted by atomic mass is 16.5. The largest absolute Gasteiger partial charge is 0.373 e. The highest BCUT2D eigenvalue weighted by molar-refractivity contribution is 5.81. The van der Waals surface area contributed by atoms with Gasteiger partial charge in [-0.3, -0.25) is 4.79 Å². The van der Waals surface area contributed by atoms with Crippen LogP contribution in [0.15, 0.2) is 54.6 Å². The number of Topliss-reactive ketones (excluding diaryl/α,β-unsaturated/α-hetero) is 1. The lowest BCUT2D eigenvalue weighted by atomic mass is 9.98. The molecule has 3 nitrogen and oxygen atoms in total. The Labute approximate surface area is 144 Å². The SMILES string of the molecule is C[C@H](CCc1ccccc1)C(=O)COCCc1ccc(CN)cc1. The highest BCUT2D eigenvalue weighted by Crippen LogP contribution is 2.11. The van der Waals surface area contributed by atoms with Gasteiger partial charge in [-0.25, -0.2) is 0 Å². The van der Waals surface area contributed by atoms with Gasteiger partial charge >= 0.3 is 0 Å². The summed E-state index contributed by atoms with van der Waals surface area (Å²) in [6, 6.07) is 18.5. The van der Waals surface area contributed by atoms with Crippen molar-refractivity contribution in [2.75, 3.05) is 13.2 Å². The zero-order valence-corrected chi connectivity index (χ0v) is 14.4. The van der Waals surface area contributed by atoms with E-state index in [0.717, 1.165) is 24.8 Å². The molecule has 128 valence electrons. The Morgan fingerprint density at radius 1 is 0.958 bits per heavy atom. The van der Waals surface area contributed by atoms with Gasteiger partial charge in [-0.05, 0) is 36.0 Å². The van der Waals surface area contributed by atoms with E-state index in [0.29, 0.717) is 13.2 Å². The molecule has 3 heteroatoms. The van der Waals surface area contributed by atoms with Crippen molar-refractivity contribution in [3.63, 3.8) is 0 Å². The van der Waals surface area contributed by atoms with Crippen LogP contribution in [0.1, 0.15) is 30.0 Å². The standard InChI is InChI=1S/C21H27NO2/c1-17(7-8-18-5-3-2-4-6-18)21(23)16-24-14-13-19-9-11-20(15-22)12-10-19/h2-6,9-12,17H,7-8,13-16,22H2,1H3/t17-/m1/s1. The summed E-state index contributed by atoms with van der Waals surface area (Å²) in [7, 11) is 0. The van der Waals surface area contributed by atoms with Crippen LogP contribution in [0, 0.1) is 5.92 Å². The normalized spacial score (nSPS) is 12.1. The lowest BCUT2D eigenvalue weighted by Gasteiger charge is -2.11. The second-order valence-electron chi connectivity index (χ2n) is 6.21. The number of ether oxygens (including phenoxy) is 1. The van der Waals surface area contributed by atoms with E-state index in [1.165, 1.54) is 11.1 Å². The van der Waals surface area contributed by atoms with Gasteiger partial charge in [-0.15, -0.1) is 0 Å². The number of aryl methyl sites for hydroxylation is 1. The summed E-state index contributed by atoms with van der Waals surface area (Å²) in [6.07, 6.45) is 2.62. The fourth-order valence-electron chi connectivity index (χ4n) is 2.54. The summed E-state index contributed by atoms with van der Waals surface area (Å²) in [5.74, 6) is 0.221. The first-order valence-electron chi connectivity index (χ1n) is 8.61. The van der Waals surface area contributed by atoms with Crippen LogP contribution >= 0.6 is 0 Å². The van der Waals surface area contributed by atoms with Crippen LogP contribution in [0.5, 0.6) is 0 Å². The van der Waals surface area contributed by atoms with Crippen molar-refractivity contribution in [3.05, 3.63) is 71.3 Å². The molecular weight excluding hydrogens is 298 g/mol. The van der Waals surface area contributed by atoms with Crippen LogP contribution in [0.3, 0.4) is 0 Å². The maximum absolute atomic E-state index is 12.1. The minimum atomic E-state index is 0.0362. The van der Waals surface area contributed by atoms with Gasteiger partial charge in [0.25, 0.3) is 0 Å². The molecule has 1 atom stereocenters. The van der Waals surface area contributed by atoms with Gasteiger partial charge < -0.3 is 10.5 Å². The number of nitrogens with two attached hydrogens (primary N) is 1. The van der Waals surface area contributed by atoms with Gasteiger partial charge in [0.2, 0.25) is 0 Å². The molecule has 2 rings (SSSR count). The average Bonchev–Trinajstić information content (AvgIpc) is 2.64. The molecule has 0 aliphatic rings. The van der Waals surface area contributed by atoms with Crippen LogP contribution < -0.4 is 5.73 Å². The fourth-order valence-corrected chi connectivity index (χ4v) is 2.54. The average molecular weight is 325 g/mol. The van der Waals surface area contributed by atoms with Gasteiger partial charge in [0, 0.05) is 12.5 Å². The molecule has 2 N–H and O–H groups in total. The van der Waals surface area contributed by atoms with Crippen LogP contribution in [0.25, 0.3) is 0 Å². The molecule has 0 saturated carbocycles. The number of hydrogen-bond acceptors (Lipinski definition) is 3. The van der Waals surface area contributed by atoms with Crippen molar-refractivity contribution in [2.45, 2.75) is 32.7 Å². The molecule has 0 saturated heterocycles. The molecule has 0 spiro atoms. The third kappa shape index (κ3) is 6.26. The first-order chi connectivity index (χ1) is 11.7. The lowest BCUT2D eigenvalue weighted by molar-refractivity contribution is -0.127. The molecule has 0 fully saturated rings. The topological polar surface area (TPSA) is 52.3 Å². The molecule has 0 heterocycles. The molecule has 0 amide bonds. The quantitative estimate of drug-likeness (QED) is 0.680. The predicted molar refractivity (Wildman–Crippen MR) is 97.8 cm³/mol. The summed E-state index contributed by atoms with van der Waals surface area (Å²) < 4.78 is 5.55. The Morgan fingerprint density at radius 2 is 1.58 bits per heavy atom. The molecule has 2 aromatic rings. The number of carbonyl (C=O) groups is 1. The molecule has 0 unspecified atom stereocenters. The zero-order valence-electron chi connectivity index (χ0n) is 14.4. The van der Waals surface area contributed by atoms with Gasteiger partial charge in [-0.2, -0.15) is 0 Å². The number of benzene rings is 2. The van der Waals surface area contributed by atoms with Gasteiger partial charge in [0.05, 0.1) is 6.61 Å². The Balaban J connectivity index is 1.63. The van der Waals surface area contributed by atoms with Crippen molar-refractivity contribution in [3.8, 4) is 0 Å². The minimum absolute atomic E-state index is 0.0362. The minimum Gasteiger partial charge on any atom is -0.373 e. The molecule has 0 aliphatic heterocycles. The summed E-state index contributed by atoms with van der Waals surface area (Å²) in [6.45, 7) is 3.32.